The first-order chi connectivity index (χ1) is 11.5. The number of amides is 2. The smallest absolute Gasteiger partial charge is 0.227 e. The number of nitrogens with zero attached hydrogens (tertiary/aromatic N) is 1. The molecule has 24 heavy (non-hydrogen) atoms. The van der Waals surface area contributed by atoms with Crippen LogP contribution in [-0.2, 0) is 14.3 Å². The van der Waals surface area contributed by atoms with E-state index in [1.807, 2.05) is 11.0 Å². The summed E-state index contributed by atoms with van der Waals surface area (Å²) in [6.45, 7) is 4.35. The minimum absolute atomic E-state index is 0.117. The Labute approximate surface area is 140 Å². The maximum atomic E-state index is 14.5. The molecule has 2 amide bonds. The Hall–Kier alpha value is -2.15. The lowest BCUT2D eigenvalue weighted by atomic mass is 9.95. The normalized spacial score (nSPS) is 23.9. The number of rotatable bonds is 4. The van der Waals surface area contributed by atoms with Gasteiger partial charge in [-0.3, -0.25) is 9.59 Å². The van der Waals surface area contributed by atoms with Gasteiger partial charge in [-0.25, -0.2) is 4.39 Å². The fourth-order valence-electron chi connectivity index (χ4n) is 3.24. The molecule has 2 saturated heterocycles. The number of anilines is 1. The number of morpholine rings is 1. The van der Waals surface area contributed by atoms with Gasteiger partial charge in [0.25, 0.3) is 0 Å². The Morgan fingerprint density at radius 3 is 2.83 bits per heavy atom. The molecular weight excluding hydrogens is 313 g/mol. The number of ether oxygens (including phenoxy) is 1. The largest absolute Gasteiger partial charge is 0.378 e. The Morgan fingerprint density at radius 1 is 1.42 bits per heavy atom. The Morgan fingerprint density at radius 2 is 2.17 bits per heavy atom. The third-order valence-corrected chi connectivity index (χ3v) is 4.51. The van der Waals surface area contributed by atoms with E-state index < -0.39 is 0 Å². The fourth-order valence-corrected chi connectivity index (χ4v) is 3.24. The molecule has 0 saturated carbocycles. The highest BCUT2D eigenvalue weighted by Crippen LogP contribution is 2.30. The fraction of sp³-hybridized carbons (Fsp3) is 0.529. The minimum atomic E-state index is -0.378. The molecule has 2 aliphatic heterocycles. The van der Waals surface area contributed by atoms with Crippen molar-refractivity contribution in [2.45, 2.75) is 25.3 Å². The van der Waals surface area contributed by atoms with Crippen molar-refractivity contribution < 1.29 is 18.7 Å². The molecular formula is C17H22FN3O3. The Kier molecular flexibility index (Phi) is 4.99. The summed E-state index contributed by atoms with van der Waals surface area (Å²) in [5.74, 6) is -0.943. The predicted molar refractivity (Wildman–Crippen MR) is 87.4 cm³/mol. The van der Waals surface area contributed by atoms with Gasteiger partial charge in [-0.1, -0.05) is 6.07 Å². The molecule has 0 aromatic heterocycles. The first kappa shape index (κ1) is 16.7. The van der Waals surface area contributed by atoms with Crippen LogP contribution in [0.1, 0.15) is 24.8 Å². The van der Waals surface area contributed by atoms with Crippen molar-refractivity contribution in [1.29, 1.82) is 0 Å². The molecule has 0 radical (unpaired) electrons. The maximum absolute atomic E-state index is 14.5. The first-order valence-corrected chi connectivity index (χ1v) is 8.21. The lowest BCUT2D eigenvalue weighted by molar-refractivity contribution is -0.121. The van der Waals surface area contributed by atoms with Crippen molar-refractivity contribution in [3.05, 3.63) is 29.6 Å². The Balaban J connectivity index is 1.69. The van der Waals surface area contributed by atoms with Gasteiger partial charge < -0.3 is 20.3 Å². The van der Waals surface area contributed by atoms with Crippen LogP contribution in [0.4, 0.5) is 10.1 Å². The van der Waals surface area contributed by atoms with Crippen LogP contribution in [0.25, 0.3) is 0 Å². The number of benzene rings is 1. The standard InChI is InChI=1S/C17H22FN3O3/c1-11(22)19-10-13-9-14(17(23)20-13)12-2-3-16(15(18)8-12)21-4-6-24-7-5-21/h2-3,8,13-14H,4-7,9-10H2,1H3,(H,19,22)(H,20,23)/t13?,14-/m0/s1. The van der Waals surface area contributed by atoms with E-state index in [9.17, 15) is 14.0 Å². The highest BCUT2D eigenvalue weighted by atomic mass is 19.1. The summed E-state index contributed by atoms with van der Waals surface area (Å²) >= 11 is 0. The topological polar surface area (TPSA) is 70.7 Å². The van der Waals surface area contributed by atoms with E-state index >= 15 is 0 Å². The summed E-state index contributed by atoms with van der Waals surface area (Å²) in [5, 5.41) is 5.55. The van der Waals surface area contributed by atoms with Gasteiger partial charge in [0.2, 0.25) is 11.8 Å². The van der Waals surface area contributed by atoms with E-state index in [2.05, 4.69) is 10.6 Å². The van der Waals surface area contributed by atoms with Gasteiger partial charge in [-0.15, -0.1) is 0 Å². The average Bonchev–Trinajstić information content (AvgIpc) is 2.94. The van der Waals surface area contributed by atoms with E-state index in [1.54, 1.807) is 6.07 Å². The van der Waals surface area contributed by atoms with Crippen LogP contribution in [0.15, 0.2) is 18.2 Å². The number of carbonyl (C=O) groups is 2. The number of hydrogen-bond acceptors (Lipinski definition) is 4. The molecule has 130 valence electrons. The second-order valence-corrected chi connectivity index (χ2v) is 6.24. The third-order valence-electron chi connectivity index (χ3n) is 4.51. The second kappa shape index (κ2) is 7.17. The zero-order chi connectivity index (χ0) is 17.1. The van der Waals surface area contributed by atoms with Gasteiger partial charge >= 0.3 is 0 Å². The summed E-state index contributed by atoms with van der Waals surface area (Å²) < 4.78 is 19.8. The molecule has 1 aromatic carbocycles. The molecule has 0 bridgehead atoms. The molecule has 6 nitrogen and oxygen atoms in total. The van der Waals surface area contributed by atoms with Gasteiger partial charge in [0, 0.05) is 32.6 Å². The molecule has 2 atom stereocenters. The number of nitrogens with one attached hydrogen (secondary N) is 2. The third kappa shape index (κ3) is 3.67. The maximum Gasteiger partial charge on any atom is 0.227 e. The second-order valence-electron chi connectivity index (χ2n) is 6.24. The minimum Gasteiger partial charge on any atom is -0.378 e. The van der Waals surface area contributed by atoms with E-state index in [-0.39, 0.29) is 29.6 Å². The highest BCUT2D eigenvalue weighted by Gasteiger charge is 2.33. The molecule has 1 aromatic rings. The van der Waals surface area contributed by atoms with Crippen LogP contribution in [0.5, 0.6) is 0 Å². The predicted octanol–water partition coefficient (Wildman–Crippen LogP) is 0.770. The van der Waals surface area contributed by atoms with Crippen LogP contribution in [0, 0.1) is 5.82 Å². The molecule has 7 heteroatoms. The van der Waals surface area contributed by atoms with Crippen molar-refractivity contribution in [2.75, 3.05) is 37.7 Å². The van der Waals surface area contributed by atoms with Gasteiger partial charge in [0.1, 0.15) is 5.82 Å². The van der Waals surface area contributed by atoms with Crippen molar-refractivity contribution in [2.24, 2.45) is 0 Å². The van der Waals surface area contributed by atoms with Gasteiger partial charge in [0.15, 0.2) is 0 Å². The van der Waals surface area contributed by atoms with Crippen molar-refractivity contribution in [3.8, 4) is 0 Å². The number of hydrogen-bond donors (Lipinski definition) is 2. The summed E-state index contributed by atoms with van der Waals surface area (Å²) in [5.41, 5.74) is 1.22. The first-order valence-electron chi connectivity index (χ1n) is 8.21. The molecule has 1 unspecified atom stereocenters. The zero-order valence-electron chi connectivity index (χ0n) is 13.7. The molecule has 2 N–H and O–H groups in total. The lowest BCUT2D eigenvalue weighted by Gasteiger charge is -2.29. The molecule has 0 spiro atoms. The van der Waals surface area contributed by atoms with Crippen LogP contribution in [0.2, 0.25) is 0 Å². The lowest BCUT2D eigenvalue weighted by Crippen LogP contribution is -2.37. The van der Waals surface area contributed by atoms with E-state index in [4.69, 9.17) is 4.74 Å². The average molecular weight is 335 g/mol. The van der Waals surface area contributed by atoms with E-state index in [0.29, 0.717) is 50.5 Å². The van der Waals surface area contributed by atoms with Crippen LogP contribution in [-0.4, -0.2) is 50.7 Å². The van der Waals surface area contributed by atoms with Crippen LogP contribution < -0.4 is 15.5 Å². The highest BCUT2D eigenvalue weighted by molar-refractivity contribution is 5.86. The van der Waals surface area contributed by atoms with Crippen molar-refractivity contribution in [1.82, 2.24) is 10.6 Å². The van der Waals surface area contributed by atoms with Crippen molar-refractivity contribution in [3.63, 3.8) is 0 Å². The molecule has 2 fully saturated rings. The molecule has 0 aliphatic carbocycles. The van der Waals surface area contributed by atoms with Crippen molar-refractivity contribution >= 4 is 17.5 Å². The zero-order valence-corrected chi connectivity index (χ0v) is 13.7. The summed E-state index contributed by atoms with van der Waals surface area (Å²) in [6.07, 6.45) is 0.551. The summed E-state index contributed by atoms with van der Waals surface area (Å²) in [4.78, 5) is 25.1. The molecule has 3 rings (SSSR count). The summed E-state index contributed by atoms with van der Waals surface area (Å²) in [7, 11) is 0. The van der Waals surface area contributed by atoms with Gasteiger partial charge in [-0.2, -0.15) is 0 Å². The quantitative estimate of drug-likeness (QED) is 0.853. The van der Waals surface area contributed by atoms with Crippen LogP contribution in [0.3, 0.4) is 0 Å². The van der Waals surface area contributed by atoms with Crippen LogP contribution >= 0.6 is 0 Å². The van der Waals surface area contributed by atoms with E-state index in [0.717, 1.165) is 0 Å². The monoisotopic (exact) mass is 335 g/mol. The van der Waals surface area contributed by atoms with Gasteiger partial charge in [0.05, 0.1) is 24.8 Å². The number of carbonyl (C=O) groups excluding carboxylic acids is 2. The SMILES string of the molecule is CC(=O)NCC1C[C@@H](c2ccc(N3CCOCC3)c(F)c2)C(=O)N1. The van der Waals surface area contributed by atoms with E-state index in [1.165, 1.54) is 13.0 Å². The number of halogens is 1. The molecule has 2 heterocycles. The van der Waals surface area contributed by atoms with Gasteiger partial charge in [-0.05, 0) is 24.1 Å². The molecule has 2 aliphatic rings. The summed E-state index contributed by atoms with van der Waals surface area (Å²) in [6, 6.07) is 4.90. The Bertz CT molecular complexity index is 632.